The van der Waals surface area contributed by atoms with E-state index in [4.69, 9.17) is 33.0 Å². The van der Waals surface area contributed by atoms with E-state index in [1.807, 2.05) is 0 Å². The van der Waals surface area contributed by atoms with E-state index in [-0.39, 0.29) is 31.6 Å². The maximum atomic E-state index is 12.0. The summed E-state index contributed by atoms with van der Waals surface area (Å²) in [5, 5.41) is 14.2. The molecule has 1 aromatic carbocycles. The van der Waals surface area contributed by atoms with Gasteiger partial charge in [0.2, 0.25) is 0 Å². The Balaban J connectivity index is 1.89. The zero-order valence-electron chi connectivity index (χ0n) is 13.3. The third-order valence-corrected chi connectivity index (χ3v) is 3.94. The molecular weight excluding hydrogens is 367 g/mol. The number of nitrogens with one attached hydrogen (secondary N) is 2. The highest BCUT2D eigenvalue weighted by Crippen LogP contribution is 2.26. The van der Waals surface area contributed by atoms with E-state index in [1.165, 1.54) is 6.07 Å². The molecule has 0 radical (unpaired) electrons. The molecule has 0 bridgehead atoms. The lowest BCUT2D eigenvalue weighted by atomic mass is 10.1. The number of carbonyl (C=O) groups is 2. The normalized spacial score (nSPS) is 16.5. The molecule has 25 heavy (non-hydrogen) atoms. The van der Waals surface area contributed by atoms with E-state index < -0.39 is 5.38 Å². The van der Waals surface area contributed by atoms with Crippen molar-refractivity contribution in [1.29, 1.82) is 0 Å². The molecule has 8 heteroatoms. The molecule has 2 rings (SSSR count). The lowest BCUT2D eigenvalue weighted by Crippen LogP contribution is -2.26. The second kappa shape index (κ2) is 9.46. The fourth-order valence-electron chi connectivity index (χ4n) is 2.11. The Morgan fingerprint density at radius 2 is 2.12 bits per heavy atom. The van der Waals surface area contributed by atoms with Crippen LogP contribution in [0.3, 0.4) is 0 Å². The molecule has 1 aliphatic carbocycles. The first-order chi connectivity index (χ1) is 12.0. The quantitative estimate of drug-likeness (QED) is 0.629. The van der Waals surface area contributed by atoms with Crippen molar-refractivity contribution in [3.63, 3.8) is 0 Å². The van der Waals surface area contributed by atoms with Crippen molar-refractivity contribution in [2.24, 2.45) is 0 Å². The van der Waals surface area contributed by atoms with Crippen LogP contribution in [-0.2, 0) is 9.53 Å². The number of halogens is 2. The predicted octanol–water partition coefficient (Wildman–Crippen LogP) is 2.38. The molecule has 0 fully saturated rings. The summed E-state index contributed by atoms with van der Waals surface area (Å²) in [7, 11) is 0. The molecule has 0 saturated heterocycles. The molecular formula is C17H18Cl2N2O4. The van der Waals surface area contributed by atoms with Crippen molar-refractivity contribution in [1.82, 2.24) is 5.32 Å². The summed E-state index contributed by atoms with van der Waals surface area (Å²) in [6.07, 6.45) is 3.78. The van der Waals surface area contributed by atoms with E-state index in [9.17, 15) is 9.59 Å². The second-order valence-corrected chi connectivity index (χ2v) is 6.26. The maximum Gasteiger partial charge on any atom is 0.262 e. The van der Waals surface area contributed by atoms with Gasteiger partial charge in [0.05, 0.1) is 12.0 Å². The third kappa shape index (κ3) is 6.08. The Kier molecular flexibility index (Phi) is 7.31. The van der Waals surface area contributed by atoms with Crippen LogP contribution < -0.4 is 10.6 Å². The van der Waals surface area contributed by atoms with E-state index in [0.717, 1.165) is 0 Å². The highest BCUT2D eigenvalue weighted by Gasteiger charge is 2.18. The number of carbonyl (C=O) groups excluding carboxylic acids is 2. The average Bonchev–Trinajstić information content (AvgIpc) is 2.59. The molecule has 0 aromatic heterocycles. The summed E-state index contributed by atoms with van der Waals surface area (Å²) in [4.78, 5) is 23.8. The van der Waals surface area contributed by atoms with Crippen molar-refractivity contribution in [3.05, 3.63) is 52.8 Å². The van der Waals surface area contributed by atoms with Gasteiger partial charge in [0.25, 0.3) is 11.8 Å². The van der Waals surface area contributed by atoms with Gasteiger partial charge in [-0.25, -0.2) is 0 Å². The van der Waals surface area contributed by atoms with Gasteiger partial charge in [-0.3, -0.25) is 9.59 Å². The van der Waals surface area contributed by atoms with Crippen LogP contribution in [0, 0.1) is 0 Å². The topological polar surface area (TPSA) is 87.7 Å². The van der Waals surface area contributed by atoms with E-state index in [2.05, 4.69) is 10.6 Å². The molecule has 1 aliphatic rings. The van der Waals surface area contributed by atoms with Crippen molar-refractivity contribution in [2.75, 3.05) is 25.1 Å². The van der Waals surface area contributed by atoms with Gasteiger partial charge in [0.15, 0.2) is 6.61 Å². The predicted molar refractivity (Wildman–Crippen MR) is 96.7 cm³/mol. The number of hydrogen-bond donors (Lipinski definition) is 3. The Morgan fingerprint density at radius 3 is 2.84 bits per heavy atom. The van der Waals surface area contributed by atoms with Gasteiger partial charge in [-0.1, -0.05) is 17.7 Å². The zero-order valence-corrected chi connectivity index (χ0v) is 14.8. The summed E-state index contributed by atoms with van der Waals surface area (Å²) < 4.78 is 5.42. The average molecular weight is 385 g/mol. The Labute approximate surface area is 155 Å². The van der Waals surface area contributed by atoms with Crippen molar-refractivity contribution < 1.29 is 19.4 Å². The molecule has 0 saturated carbocycles. The van der Waals surface area contributed by atoms with E-state index >= 15 is 0 Å². The maximum absolute atomic E-state index is 12.0. The Morgan fingerprint density at radius 1 is 1.32 bits per heavy atom. The fourth-order valence-corrected chi connectivity index (χ4v) is 2.71. The van der Waals surface area contributed by atoms with Crippen LogP contribution in [0.5, 0.6) is 0 Å². The zero-order chi connectivity index (χ0) is 18.2. The minimum atomic E-state index is -0.399. The molecule has 0 spiro atoms. The summed E-state index contributed by atoms with van der Waals surface area (Å²) in [5.41, 5.74) is 0.844. The van der Waals surface area contributed by atoms with Gasteiger partial charge in [-0.05, 0) is 30.4 Å². The molecule has 0 heterocycles. The number of ether oxygens (including phenoxy) is 1. The van der Waals surface area contributed by atoms with Crippen LogP contribution in [0.4, 0.5) is 5.69 Å². The number of anilines is 1. The Bertz CT molecular complexity index is 704. The summed E-state index contributed by atoms with van der Waals surface area (Å²) >= 11 is 12.0. The van der Waals surface area contributed by atoms with E-state index in [0.29, 0.717) is 28.5 Å². The molecule has 1 atom stereocenters. The molecule has 0 aliphatic heterocycles. The van der Waals surface area contributed by atoms with Gasteiger partial charge < -0.3 is 20.5 Å². The van der Waals surface area contributed by atoms with Gasteiger partial charge in [0, 0.05) is 29.2 Å². The molecule has 134 valence electrons. The number of aliphatic hydroxyl groups is 1. The first kappa shape index (κ1) is 19.3. The van der Waals surface area contributed by atoms with Crippen LogP contribution in [-0.4, -0.2) is 42.1 Å². The number of alkyl halides is 1. The number of rotatable bonds is 7. The van der Waals surface area contributed by atoms with Crippen LogP contribution in [0.15, 0.2) is 47.2 Å². The number of benzene rings is 1. The molecule has 1 unspecified atom stereocenters. The van der Waals surface area contributed by atoms with Gasteiger partial charge in [-0.15, -0.1) is 11.6 Å². The van der Waals surface area contributed by atoms with Gasteiger partial charge in [-0.2, -0.15) is 0 Å². The fraction of sp³-hybridized carbons (Fsp3) is 0.294. The monoisotopic (exact) mass is 384 g/mol. The summed E-state index contributed by atoms with van der Waals surface area (Å²) in [5.74, 6) is -0.223. The standard InChI is InChI=1S/C17H18Cl2N2O4/c18-12-4-5-15(14(19)9-12)25-10-16(23)21-13-3-1-2-11(8-13)17(24)20-6-7-22/h1-5,8,14,22H,6-7,9-10H2,(H,20,24)(H,21,23). The third-order valence-electron chi connectivity index (χ3n) is 3.29. The Hall–Kier alpha value is -2.02. The van der Waals surface area contributed by atoms with E-state index in [1.54, 1.807) is 30.4 Å². The lowest BCUT2D eigenvalue weighted by molar-refractivity contribution is -0.119. The summed E-state index contributed by atoms with van der Waals surface area (Å²) in [6, 6.07) is 6.46. The molecule has 3 N–H and O–H groups in total. The lowest BCUT2D eigenvalue weighted by Gasteiger charge is -2.18. The SMILES string of the molecule is O=C(COC1=CC=C(Cl)CC1Cl)Nc1cccc(C(=O)NCCO)c1. The number of hydrogen-bond acceptors (Lipinski definition) is 4. The molecule has 1 aromatic rings. The number of allylic oxidation sites excluding steroid dienone is 4. The number of amides is 2. The first-order valence-electron chi connectivity index (χ1n) is 7.61. The smallest absolute Gasteiger partial charge is 0.262 e. The summed E-state index contributed by atoms with van der Waals surface area (Å²) in [6.45, 7) is -0.185. The van der Waals surface area contributed by atoms with Gasteiger partial charge >= 0.3 is 0 Å². The second-order valence-electron chi connectivity index (χ2n) is 5.25. The van der Waals surface area contributed by atoms with Crippen molar-refractivity contribution in [3.8, 4) is 0 Å². The van der Waals surface area contributed by atoms with Crippen LogP contribution in [0.25, 0.3) is 0 Å². The van der Waals surface area contributed by atoms with Crippen LogP contribution in [0.2, 0.25) is 0 Å². The van der Waals surface area contributed by atoms with Crippen molar-refractivity contribution >= 4 is 40.7 Å². The largest absolute Gasteiger partial charge is 0.487 e. The molecule has 2 amide bonds. The van der Waals surface area contributed by atoms with Crippen LogP contribution in [0.1, 0.15) is 16.8 Å². The first-order valence-corrected chi connectivity index (χ1v) is 8.43. The highest BCUT2D eigenvalue weighted by molar-refractivity contribution is 6.31. The minimum absolute atomic E-state index is 0.142. The van der Waals surface area contributed by atoms with Gasteiger partial charge in [0.1, 0.15) is 5.76 Å². The minimum Gasteiger partial charge on any atom is -0.487 e. The van der Waals surface area contributed by atoms with Crippen molar-refractivity contribution in [2.45, 2.75) is 11.8 Å². The van der Waals surface area contributed by atoms with Crippen LogP contribution >= 0.6 is 23.2 Å². The molecule has 6 nitrogen and oxygen atoms in total. The highest BCUT2D eigenvalue weighted by atomic mass is 35.5. The number of aliphatic hydroxyl groups excluding tert-OH is 1.